The number of halogens is 3. The van der Waals surface area contributed by atoms with E-state index in [1.807, 2.05) is 6.92 Å². The Kier molecular flexibility index (Phi) is 10.1. The first-order valence-corrected chi connectivity index (χ1v) is 16.8. The second-order valence-electron chi connectivity index (χ2n) is 12.7. The zero-order chi connectivity index (χ0) is 35.6. The number of aryl methyl sites for hydroxylation is 2. The zero-order valence-electron chi connectivity index (χ0n) is 28.2. The number of nitrogens with zero attached hydrogens (tertiary/aromatic N) is 4. The molecule has 2 amide bonds. The van der Waals surface area contributed by atoms with E-state index in [1.165, 1.54) is 35.2 Å². The number of hydrogen-bond donors (Lipinski definition) is 2. The van der Waals surface area contributed by atoms with Crippen LogP contribution in [0.25, 0.3) is 22.2 Å². The van der Waals surface area contributed by atoms with Crippen molar-refractivity contribution in [2.24, 2.45) is 7.05 Å². The van der Waals surface area contributed by atoms with Gasteiger partial charge in [0.05, 0.1) is 34.0 Å². The average molecular weight is 685 g/mol. The summed E-state index contributed by atoms with van der Waals surface area (Å²) in [5.74, 6) is -0.119. The number of carbonyl (C=O) groups excluding carboxylic acids is 2. The maximum absolute atomic E-state index is 14.5. The van der Waals surface area contributed by atoms with Gasteiger partial charge in [0.2, 0.25) is 5.91 Å². The largest absolute Gasteiger partial charge is 0.417 e. The number of fused-ring (bicyclic) bond motifs is 2. The van der Waals surface area contributed by atoms with E-state index in [1.54, 1.807) is 43.0 Å². The first kappa shape index (κ1) is 34.9. The third-order valence-corrected chi connectivity index (χ3v) is 9.74. The van der Waals surface area contributed by atoms with Crippen LogP contribution in [-0.4, -0.2) is 53.7 Å². The number of alkyl halides is 3. The molecular formula is C38H39F3N6O3. The van der Waals surface area contributed by atoms with E-state index < -0.39 is 23.6 Å². The molecule has 50 heavy (non-hydrogen) atoms. The summed E-state index contributed by atoms with van der Waals surface area (Å²) in [6.45, 7) is 2.69. The van der Waals surface area contributed by atoms with Gasteiger partial charge >= 0.3 is 6.18 Å². The Morgan fingerprint density at radius 2 is 1.88 bits per heavy atom. The van der Waals surface area contributed by atoms with E-state index in [2.05, 4.69) is 21.7 Å². The highest BCUT2D eigenvalue weighted by Crippen LogP contribution is 2.44. The normalized spacial score (nSPS) is 17.7. The molecule has 6 rings (SSSR count). The van der Waals surface area contributed by atoms with Crippen LogP contribution in [0.2, 0.25) is 0 Å². The summed E-state index contributed by atoms with van der Waals surface area (Å²) in [6.07, 6.45) is 3.80. The standard InChI is InChI=1S/C38H39F3N6O3/c1-4-35-44-32-20-29(30(38(39,40)41)21-34(32)46(35)2)27-7-5-8-33-28(27)16-18-47(33)37(49)23-10-15-31(24(19-23)22-42)45-36(48)9-6-17-43-25-11-13-26(50-3)14-12-25/h5-10,15,19-21,25-26,43H,4,11-14,16-18H2,1-3H3,(H,45,48)/b9-6+/t25-,26-. The Morgan fingerprint density at radius 1 is 1.10 bits per heavy atom. The van der Waals surface area contributed by atoms with Crippen molar-refractivity contribution in [2.45, 2.75) is 63.8 Å². The number of amides is 2. The lowest BCUT2D eigenvalue weighted by Gasteiger charge is -2.27. The molecule has 3 aromatic carbocycles. The Hall–Kier alpha value is -4.99. The number of hydrogen-bond acceptors (Lipinski definition) is 6. The van der Waals surface area contributed by atoms with Crippen molar-refractivity contribution in [1.82, 2.24) is 14.9 Å². The van der Waals surface area contributed by atoms with Gasteiger partial charge in [0.1, 0.15) is 11.9 Å². The molecule has 12 heteroatoms. The summed E-state index contributed by atoms with van der Waals surface area (Å²) < 4.78 is 50.5. The number of nitrogens with one attached hydrogen (secondary N) is 2. The van der Waals surface area contributed by atoms with Crippen LogP contribution in [0.5, 0.6) is 0 Å². The van der Waals surface area contributed by atoms with Gasteiger partial charge in [0, 0.05) is 57.0 Å². The fourth-order valence-corrected chi connectivity index (χ4v) is 7.07. The molecule has 2 heterocycles. The molecule has 0 bridgehead atoms. The van der Waals surface area contributed by atoms with Crippen LogP contribution in [0.3, 0.4) is 0 Å². The van der Waals surface area contributed by atoms with Gasteiger partial charge in [0.25, 0.3) is 5.91 Å². The Balaban J connectivity index is 1.19. The highest BCUT2D eigenvalue weighted by atomic mass is 19.4. The SMILES string of the molecule is CCc1nc2cc(-c3cccc4c3CCN4C(=O)c3ccc(NC(=O)/C=C/CN[C@H]4CC[C@H](OC)CC4)c(C#N)c3)c(C(F)(F)F)cc2n1C. The fourth-order valence-electron chi connectivity index (χ4n) is 7.07. The minimum atomic E-state index is -4.61. The lowest BCUT2D eigenvalue weighted by molar-refractivity contribution is -0.137. The second-order valence-corrected chi connectivity index (χ2v) is 12.7. The third-order valence-electron chi connectivity index (χ3n) is 9.74. The number of methoxy groups -OCH3 is 1. The predicted molar refractivity (Wildman–Crippen MR) is 186 cm³/mol. The second kappa shape index (κ2) is 14.5. The van der Waals surface area contributed by atoms with Gasteiger partial charge in [-0.2, -0.15) is 18.4 Å². The molecule has 0 saturated heterocycles. The van der Waals surface area contributed by atoms with Crippen LogP contribution in [0.15, 0.2) is 60.7 Å². The van der Waals surface area contributed by atoms with Crippen molar-refractivity contribution in [3.8, 4) is 17.2 Å². The van der Waals surface area contributed by atoms with Crippen LogP contribution >= 0.6 is 0 Å². The van der Waals surface area contributed by atoms with Crippen molar-refractivity contribution < 1.29 is 27.5 Å². The summed E-state index contributed by atoms with van der Waals surface area (Å²) in [5.41, 5.74) is 2.27. The maximum atomic E-state index is 14.5. The number of benzene rings is 3. The van der Waals surface area contributed by atoms with Gasteiger partial charge in [0.15, 0.2) is 0 Å². The van der Waals surface area contributed by atoms with E-state index in [0.717, 1.165) is 31.7 Å². The van der Waals surface area contributed by atoms with Gasteiger partial charge in [-0.1, -0.05) is 25.1 Å². The highest BCUT2D eigenvalue weighted by molar-refractivity contribution is 6.09. The van der Waals surface area contributed by atoms with Crippen LogP contribution in [0.4, 0.5) is 24.5 Å². The van der Waals surface area contributed by atoms with Crippen LogP contribution < -0.4 is 15.5 Å². The van der Waals surface area contributed by atoms with E-state index in [-0.39, 0.29) is 28.9 Å². The summed E-state index contributed by atoms with van der Waals surface area (Å²) >= 11 is 0. The molecule has 1 fully saturated rings. The minimum Gasteiger partial charge on any atom is -0.381 e. The van der Waals surface area contributed by atoms with Crippen molar-refractivity contribution >= 4 is 34.2 Å². The lowest BCUT2D eigenvalue weighted by atomic mass is 9.93. The molecule has 1 saturated carbocycles. The van der Waals surface area contributed by atoms with E-state index >= 15 is 0 Å². The molecule has 2 aliphatic rings. The molecule has 1 aromatic heterocycles. The Labute approximate surface area is 288 Å². The summed E-state index contributed by atoms with van der Waals surface area (Å²) in [4.78, 5) is 32.5. The predicted octanol–water partition coefficient (Wildman–Crippen LogP) is 6.94. The number of rotatable bonds is 9. The Morgan fingerprint density at radius 3 is 2.58 bits per heavy atom. The smallest absolute Gasteiger partial charge is 0.381 e. The van der Waals surface area contributed by atoms with E-state index in [0.29, 0.717) is 65.2 Å². The molecule has 260 valence electrons. The molecule has 0 radical (unpaired) electrons. The molecular weight excluding hydrogens is 645 g/mol. The topological polar surface area (TPSA) is 112 Å². The van der Waals surface area contributed by atoms with Crippen molar-refractivity contribution in [1.29, 1.82) is 5.26 Å². The lowest BCUT2D eigenvalue weighted by Crippen LogP contribution is -2.35. The zero-order valence-corrected chi connectivity index (χ0v) is 28.2. The fraction of sp³-hybridized carbons (Fsp3) is 0.368. The number of carbonyl (C=O) groups is 2. The van der Waals surface area contributed by atoms with Gasteiger partial charge in [-0.15, -0.1) is 0 Å². The molecule has 9 nitrogen and oxygen atoms in total. The van der Waals surface area contributed by atoms with Crippen LogP contribution in [0.1, 0.15) is 65.5 Å². The van der Waals surface area contributed by atoms with Crippen molar-refractivity contribution in [3.05, 3.63) is 88.8 Å². The molecule has 1 aliphatic heterocycles. The average Bonchev–Trinajstić information content (AvgIpc) is 3.69. The molecule has 0 unspecified atom stereocenters. The number of imidazole rings is 1. The maximum Gasteiger partial charge on any atom is 0.417 e. The minimum absolute atomic E-state index is 0.0165. The van der Waals surface area contributed by atoms with Gasteiger partial charge in [-0.05, 0) is 85.2 Å². The van der Waals surface area contributed by atoms with E-state index in [4.69, 9.17) is 4.74 Å². The third kappa shape index (κ3) is 7.02. The first-order chi connectivity index (χ1) is 24.0. The molecule has 2 N–H and O–H groups in total. The monoisotopic (exact) mass is 684 g/mol. The molecule has 0 atom stereocenters. The number of ether oxygens (including phenoxy) is 1. The quantitative estimate of drug-likeness (QED) is 0.185. The molecule has 1 aliphatic carbocycles. The summed E-state index contributed by atoms with van der Waals surface area (Å²) in [5, 5.41) is 16.0. The molecule has 4 aromatic rings. The van der Waals surface area contributed by atoms with Gasteiger partial charge in [-0.3, -0.25) is 9.59 Å². The number of nitriles is 1. The first-order valence-electron chi connectivity index (χ1n) is 16.8. The summed E-state index contributed by atoms with van der Waals surface area (Å²) in [7, 11) is 3.45. The van der Waals surface area contributed by atoms with Crippen LogP contribution in [-0.2, 0) is 35.6 Å². The number of anilines is 2. The molecule has 0 spiro atoms. The highest BCUT2D eigenvalue weighted by Gasteiger charge is 2.37. The van der Waals surface area contributed by atoms with Crippen molar-refractivity contribution in [3.63, 3.8) is 0 Å². The Bertz CT molecular complexity index is 2000. The summed E-state index contributed by atoms with van der Waals surface area (Å²) in [6, 6.07) is 14.6. The van der Waals surface area contributed by atoms with E-state index in [9.17, 15) is 28.0 Å². The number of aromatic nitrogens is 2. The van der Waals surface area contributed by atoms with Crippen LogP contribution in [0, 0.1) is 11.3 Å². The van der Waals surface area contributed by atoms with Gasteiger partial charge in [-0.25, -0.2) is 4.98 Å². The van der Waals surface area contributed by atoms with Crippen molar-refractivity contribution in [2.75, 3.05) is 30.4 Å². The van der Waals surface area contributed by atoms with Gasteiger partial charge < -0.3 is 24.8 Å².